The summed E-state index contributed by atoms with van der Waals surface area (Å²) in [5.74, 6) is 0.821. The molecule has 0 radical (unpaired) electrons. The molecule has 0 bridgehead atoms. The lowest BCUT2D eigenvalue weighted by Crippen LogP contribution is -2.34. The van der Waals surface area contributed by atoms with Crippen LogP contribution < -0.4 is 5.73 Å². The van der Waals surface area contributed by atoms with Crippen LogP contribution in [0.15, 0.2) is 54.9 Å². The zero-order chi connectivity index (χ0) is 22.0. The summed E-state index contributed by atoms with van der Waals surface area (Å²) in [5.41, 5.74) is 8.62. The first-order valence-electron chi connectivity index (χ1n) is 9.65. The second-order valence-corrected chi connectivity index (χ2v) is 7.55. The summed E-state index contributed by atoms with van der Waals surface area (Å²) in [6.45, 7) is 3.99. The maximum atomic E-state index is 13.6. The number of hydrogen-bond donors (Lipinski definition) is 1. The zero-order valence-corrected chi connectivity index (χ0v) is 17.8. The normalized spacial score (nSPS) is 12.0. The van der Waals surface area contributed by atoms with Gasteiger partial charge in [0, 0.05) is 23.3 Å². The van der Waals surface area contributed by atoms with Crippen molar-refractivity contribution in [2.24, 2.45) is 0 Å². The summed E-state index contributed by atoms with van der Waals surface area (Å²) in [6, 6.07) is 12.0. The molecule has 156 valence electrons. The van der Waals surface area contributed by atoms with Gasteiger partial charge in [-0.2, -0.15) is 5.10 Å². The van der Waals surface area contributed by atoms with Crippen LogP contribution in [-0.4, -0.2) is 36.0 Å². The van der Waals surface area contributed by atoms with Crippen LogP contribution in [0.4, 0.5) is 5.82 Å². The Balaban J connectivity index is 1.72. The molecule has 4 aromatic rings. The van der Waals surface area contributed by atoms with E-state index in [1.165, 1.54) is 0 Å². The molecule has 1 aromatic carbocycles. The predicted octanol–water partition coefficient (Wildman–Crippen LogP) is 3.76. The molecule has 3 heterocycles. The van der Waals surface area contributed by atoms with Crippen molar-refractivity contribution in [3.8, 4) is 0 Å². The molecular formula is C22H20ClN7O. The largest absolute Gasteiger partial charge is 0.383 e. The van der Waals surface area contributed by atoms with Gasteiger partial charge >= 0.3 is 0 Å². The maximum absolute atomic E-state index is 13.6. The lowest BCUT2D eigenvalue weighted by atomic mass is 10.1. The second-order valence-electron chi connectivity index (χ2n) is 7.16. The van der Waals surface area contributed by atoms with Gasteiger partial charge in [-0.05, 0) is 61.9 Å². The topological polar surface area (TPSA) is 111 Å². The Morgan fingerprint density at radius 1 is 1.13 bits per heavy atom. The number of halogens is 1. The van der Waals surface area contributed by atoms with Gasteiger partial charge in [0.05, 0.1) is 23.8 Å². The molecule has 4 rings (SSSR count). The van der Waals surface area contributed by atoms with Gasteiger partial charge in [0.2, 0.25) is 0 Å². The van der Waals surface area contributed by atoms with Crippen LogP contribution in [0, 0.1) is 6.92 Å². The summed E-state index contributed by atoms with van der Waals surface area (Å²) in [4.78, 5) is 28.3. The Morgan fingerprint density at radius 2 is 1.90 bits per heavy atom. The minimum atomic E-state index is -0.395. The predicted molar refractivity (Wildman–Crippen MR) is 118 cm³/mol. The molecule has 1 unspecified atom stereocenters. The van der Waals surface area contributed by atoms with E-state index in [4.69, 9.17) is 17.3 Å². The summed E-state index contributed by atoms with van der Waals surface area (Å²) >= 11 is 5.86. The Bertz CT molecular complexity index is 1230. The van der Waals surface area contributed by atoms with Crippen LogP contribution in [0.3, 0.4) is 0 Å². The van der Waals surface area contributed by atoms with Crippen molar-refractivity contribution in [3.63, 3.8) is 0 Å². The lowest BCUT2D eigenvalue weighted by Gasteiger charge is -2.28. The first-order chi connectivity index (χ1) is 14.9. The number of pyridine rings is 1. The van der Waals surface area contributed by atoms with E-state index < -0.39 is 6.04 Å². The number of aryl methyl sites for hydroxylation is 1. The molecule has 0 aliphatic heterocycles. The number of amides is 1. The average Bonchev–Trinajstić information content (AvgIpc) is 2.79. The molecule has 0 saturated heterocycles. The van der Waals surface area contributed by atoms with Crippen LogP contribution in [0.2, 0.25) is 5.15 Å². The number of anilines is 1. The summed E-state index contributed by atoms with van der Waals surface area (Å²) < 4.78 is 0. The number of aromatic nitrogens is 5. The van der Waals surface area contributed by atoms with E-state index in [0.717, 1.165) is 16.5 Å². The molecular weight excluding hydrogens is 414 g/mol. The quantitative estimate of drug-likeness (QED) is 0.510. The van der Waals surface area contributed by atoms with Gasteiger partial charge in [-0.1, -0.05) is 11.6 Å². The van der Waals surface area contributed by atoms with Crippen molar-refractivity contribution >= 4 is 34.2 Å². The summed E-state index contributed by atoms with van der Waals surface area (Å²) in [6.07, 6.45) is 3.30. The molecule has 2 N–H and O–H groups in total. The molecule has 0 aliphatic carbocycles. The van der Waals surface area contributed by atoms with Gasteiger partial charge in [-0.15, -0.1) is 5.10 Å². The first-order valence-corrected chi connectivity index (χ1v) is 10.0. The average molecular weight is 434 g/mol. The number of rotatable bonds is 5. The molecule has 0 saturated carbocycles. The fourth-order valence-corrected chi connectivity index (χ4v) is 3.35. The van der Waals surface area contributed by atoms with E-state index in [0.29, 0.717) is 22.9 Å². The van der Waals surface area contributed by atoms with Crippen LogP contribution in [0.5, 0.6) is 0 Å². The number of carbonyl (C=O) groups excluding carboxylic acids is 1. The highest BCUT2D eigenvalue weighted by Crippen LogP contribution is 2.24. The molecule has 1 atom stereocenters. The Morgan fingerprint density at radius 3 is 2.61 bits per heavy atom. The first kappa shape index (κ1) is 20.6. The van der Waals surface area contributed by atoms with E-state index in [1.807, 2.05) is 26.0 Å². The molecule has 0 spiro atoms. The van der Waals surface area contributed by atoms with Crippen LogP contribution in [0.25, 0.3) is 10.9 Å². The van der Waals surface area contributed by atoms with Gasteiger partial charge in [-0.3, -0.25) is 4.79 Å². The number of fused-ring (bicyclic) bond motifs is 1. The van der Waals surface area contributed by atoms with Crippen molar-refractivity contribution in [2.45, 2.75) is 26.4 Å². The van der Waals surface area contributed by atoms with E-state index in [-0.39, 0.29) is 17.6 Å². The molecule has 31 heavy (non-hydrogen) atoms. The SMILES string of the molecule is Cc1cc2cc(C(=O)N(Cc3ccc(Cl)nn3)C(C)c3ncccn3)ccc2nc1N. The van der Waals surface area contributed by atoms with E-state index >= 15 is 0 Å². The third-order valence-electron chi connectivity index (χ3n) is 5.00. The van der Waals surface area contributed by atoms with Crippen molar-refractivity contribution < 1.29 is 4.79 Å². The fourth-order valence-electron chi connectivity index (χ4n) is 3.25. The Kier molecular flexibility index (Phi) is 5.73. The lowest BCUT2D eigenvalue weighted by molar-refractivity contribution is 0.0663. The summed E-state index contributed by atoms with van der Waals surface area (Å²) in [7, 11) is 0. The Hall–Kier alpha value is -3.65. The van der Waals surface area contributed by atoms with Gasteiger partial charge in [0.15, 0.2) is 5.15 Å². The summed E-state index contributed by atoms with van der Waals surface area (Å²) in [5, 5.41) is 9.11. The van der Waals surface area contributed by atoms with Crippen LogP contribution >= 0.6 is 11.6 Å². The van der Waals surface area contributed by atoms with Crippen molar-refractivity contribution in [1.29, 1.82) is 0 Å². The van der Waals surface area contributed by atoms with Crippen molar-refractivity contribution in [3.05, 3.63) is 82.7 Å². The molecule has 9 heteroatoms. The number of benzene rings is 1. The zero-order valence-electron chi connectivity index (χ0n) is 17.0. The minimum absolute atomic E-state index is 0.187. The monoisotopic (exact) mass is 433 g/mol. The number of hydrogen-bond acceptors (Lipinski definition) is 7. The van der Waals surface area contributed by atoms with Crippen molar-refractivity contribution in [2.75, 3.05) is 5.73 Å². The molecule has 8 nitrogen and oxygen atoms in total. The highest BCUT2D eigenvalue weighted by Gasteiger charge is 2.25. The van der Waals surface area contributed by atoms with Gasteiger partial charge in [0.1, 0.15) is 11.6 Å². The number of carbonyl (C=O) groups is 1. The Labute approximate surface area is 184 Å². The van der Waals surface area contributed by atoms with E-state index in [1.54, 1.807) is 47.6 Å². The van der Waals surface area contributed by atoms with Crippen LogP contribution in [-0.2, 0) is 6.54 Å². The number of nitrogen functional groups attached to an aromatic ring is 1. The third kappa shape index (κ3) is 4.44. The molecule has 1 amide bonds. The third-order valence-corrected chi connectivity index (χ3v) is 5.20. The molecule has 0 fully saturated rings. The second kappa shape index (κ2) is 8.61. The van der Waals surface area contributed by atoms with Gasteiger partial charge < -0.3 is 10.6 Å². The fraction of sp³-hybridized carbons (Fsp3) is 0.182. The number of nitrogens with two attached hydrogens (primary N) is 1. The molecule has 0 aliphatic rings. The van der Waals surface area contributed by atoms with E-state index in [9.17, 15) is 4.79 Å². The van der Waals surface area contributed by atoms with Crippen molar-refractivity contribution in [1.82, 2.24) is 30.0 Å². The highest BCUT2D eigenvalue weighted by atomic mass is 35.5. The molecule has 3 aromatic heterocycles. The van der Waals surface area contributed by atoms with Crippen LogP contribution in [0.1, 0.15) is 40.4 Å². The maximum Gasteiger partial charge on any atom is 0.254 e. The standard InChI is InChI=1S/C22H20ClN7O/c1-13-10-16-11-15(4-6-18(16)27-20(13)24)22(31)30(12-17-5-7-19(23)29-28-17)14(2)21-25-8-3-9-26-21/h3-11,14H,12H2,1-2H3,(H2,24,27). The van der Waals surface area contributed by atoms with E-state index in [2.05, 4.69) is 25.1 Å². The number of nitrogens with zero attached hydrogens (tertiary/aromatic N) is 6. The smallest absolute Gasteiger partial charge is 0.254 e. The highest BCUT2D eigenvalue weighted by molar-refractivity contribution is 6.29. The van der Waals surface area contributed by atoms with Gasteiger partial charge in [0.25, 0.3) is 5.91 Å². The minimum Gasteiger partial charge on any atom is -0.383 e. The van der Waals surface area contributed by atoms with Gasteiger partial charge in [-0.25, -0.2) is 15.0 Å².